The fourth-order valence-electron chi connectivity index (χ4n) is 0.950. The van der Waals surface area contributed by atoms with Crippen LogP contribution >= 0.6 is 22.6 Å². The smallest absolute Gasteiger partial charge is 0.377 e. The number of nitro groups is 1. The molecule has 0 aliphatic carbocycles. The van der Waals surface area contributed by atoms with E-state index in [1.807, 2.05) is 0 Å². The van der Waals surface area contributed by atoms with E-state index in [2.05, 4.69) is 4.98 Å². The lowest BCUT2D eigenvalue weighted by Crippen LogP contribution is -2.04. The molecule has 0 saturated carbocycles. The average molecular weight is 330 g/mol. The van der Waals surface area contributed by atoms with Crippen LogP contribution in [0.2, 0.25) is 0 Å². The molecule has 1 aromatic heterocycles. The van der Waals surface area contributed by atoms with Crippen LogP contribution in [0.1, 0.15) is 17.7 Å². The van der Waals surface area contributed by atoms with Crippen LogP contribution in [0.25, 0.3) is 0 Å². The minimum absolute atomic E-state index is 0.141. The van der Waals surface area contributed by atoms with Crippen molar-refractivity contribution in [1.82, 2.24) is 4.98 Å². The van der Waals surface area contributed by atoms with Crippen molar-refractivity contribution < 1.29 is 18.8 Å². The van der Waals surface area contributed by atoms with E-state index >= 15 is 0 Å². The molecule has 0 spiro atoms. The van der Waals surface area contributed by atoms with Crippen LogP contribution in [0.4, 0.5) is 14.6 Å². The molecule has 0 radical (unpaired) electrons. The predicted octanol–water partition coefficient (Wildman–Crippen LogP) is 2.02. The van der Waals surface area contributed by atoms with Crippen LogP contribution in [-0.4, -0.2) is 15.0 Å². The molecule has 0 bridgehead atoms. The summed E-state index contributed by atoms with van der Waals surface area (Å²) in [5.41, 5.74) is -0.626. The number of hydrogen-bond donors (Lipinski definition) is 1. The van der Waals surface area contributed by atoms with Gasteiger partial charge in [-0.05, 0) is 38.6 Å². The van der Waals surface area contributed by atoms with Gasteiger partial charge in [0.1, 0.15) is 10.2 Å². The second kappa shape index (κ2) is 4.75. The van der Waals surface area contributed by atoms with Gasteiger partial charge in [0, 0.05) is 5.56 Å². The summed E-state index contributed by atoms with van der Waals surface area (Å²) in [6.45, 7) is -0.614. The summed E-state index contributed by atoms with van der Waals surface area (Å²) in [5.74, 6) is -0.655. The number of nitrogens with zero attached hydrogens (tertiary/aromatic N) is 2. The molecule has 15 heavy (non-hydrogen) atoms. The van der Waals surface area contributed by atoms with E-state index in [4.69, 9.17) is 5.11 Å². The molecule has 0 aliphatic heterocycles. The number of aliphatic hydroxyl groups excluding tert-OH is 1. The van der Waals surface area contributed by atoms with E-state index in [1.165, 1.54) is 22.6 Å². The Bertz CT molecular complexity index is 400. The maximum atomic E-state index is 12.5. The molecular formula is C7H5F2IN2O3. The van der Waals surface area contributed by atoms with Crippen LogP contribution < -0.4 is 0 Å². The van der Waals surface area contributed by atoms with Gasteiger partial charge < -0.3 is 15.2 Å². The highest BCUT2D eigenvalue weighted by Gasteiger charge is 2.24. The zero-order valence-electron chi connectivity index (χ0n) is 7.15. The first-order chi connectivity index (χ1) is 6.97. The fraction of sp³-hybridized carbons (Fsp3) is 0.286. The van der Waals surface area contributed by atoms with Gasteiger partial charge in [-0.2, -0.15) is 0 Å². The Morgan fingerprint density at radius 2 is 2.27 bits per heavy atom. The van der Waals surface area contributed by atoms with Crippen molar-refractivity contribution in [2.75, 3.05) is 0 Å². The number of aromatic nitrogens is 1. The van der Waals surface area contributed by atoms with Gasteiger partial charge >= 0.3 is 5.82 Å². The summed E-state index contributed by atoms with van der Waals surface area (Å²) >= 11 is 1.44. The van der Waals surface area contributed by atoms with Crippen molar-refractivity contribution in [3.63, 3.8) is 0 Å². The summed E-state index contributed by atoms with van der Waals surface area (Å²) < 4.78 is 24.7. The Morgan fingerprint density at radius 1 is 1.67 bits per heavy atom. The minimum atomic E-state index is -2.83. The first kappa shape index (κ1) is 12.2. The minimum Gasteiger partial charge on any atom is -0.388 e. The summed E-state index contributed by atoms with van der Waals surface area (Å²) in [4.78, 5) is 13.1. The molecule has 8 heteroatoms. The monoisotopic (exact) mass is 330 g/mol. The highest BCUT2D eigenvalue weighted by atomic mass is 127. The Kier molecular flexibility index (Phi) is 3.85. The second-order valence-electron chi connectivity index (χ2n) is 2.56. The molecule has 0 unspecified atom stereocenters. The summed E-state index contributed by atoms with van der Waals surface area (Å²) in [5, 5.41) is 19.2. The van der Waals surface area contributed by atoms with Gasteiger partial charge in [-0.15, -0.1) is 0 Å². The lowest BCUT2D eigenvalue weighted by atomic mass is 10.2. The summed E-state index contributed by atoms with van der Waals surface area (Å²) in [7, 11) is 0. The lowest BCUT2D eigenvalue weighted by Gasteiger charge is -2.04. The van der Waals surface area contributed by atoms with Crippen molar-refractivity contribution in [2.24, 2.45) is 0 Å². The Hall–Kier alpha value is -0.900. The van der Waals surface area contributed by atoms with E-state index in [1.54, 1.807) is 0 Å². The van der Waals surface area contributed by atoms with E-state index in [9.17, 15) is 18.9 Å². The standard InChI is InChI=1S/C7H5F2IN2O3/c8-6(9)4-1-3(2-13)11-7(5(4)10)12(14)15/h1,6,13H,2H2. The van der Waals surface area contributed by atoms with Gasteiger partial charge in [0.2, 0.25) is 0 Å². The van der Waals surface area contributed by atoms with Crippen molar-refractivity contribution in [3.05, 3.63) is 31.0 Å². The van der Waals surface area contributed by atoms with E-state index in [-0.39, 0.29) is 9.26 Å². The molecular weight excluding hydrogens is 325 g/mol. The highest BCUT2D eigenvalue weighted by molar-refractivity contribution is 14.1. The van der Waals surface area contributed by atoms with Crippen LogP contribution in [0.5, 0.6) is 0 Å². The molecule has 0 atom stereocenters. The normalized spacial score (nSPS) is 10.7. The molecule has 1 heterocycles. The largest absolute Gasteiger partial charge is 0.388 e. The van der Waals surface area contributed by atoms with Gasteiger partial charge in [0.05, 0.1) is 0 Å². The first-order valence-corrected chi connectivity index (χ1v) is 4.78. The lowest BCUT2D eigenvalue weighted by molar-refractivity contribution is -0.390. The third-order valence-electron chi connectivity index (χ3n) is 1.59. The number of aliphatic hydroxyl groups is 1. The number of halogens is 3. The summed E-state index contributed by atoms with van der Waals surface area (Å²) in [6, 6.07) is 0.958. The van der Waals surface area contributed by atoms with Crippen LogP contribution in [0.15, 0.2) is 6.07 Å². The van der Waals surface area contributed by atoms with Crippen molar-refractivity contribution >= 4 is 28.4 Å². The topological polar surface area (TPSA) is 76.3 Å². The van der Waals surface area contributed by atoms with E-state index < -0.39 is 29.3 Å². The Morgan fingerprint density at radius 3 is 2.67 bits per heavy atom. The second-order valence-corrected chi connectivity index (χ2v) is 3.64. The Balaban J connectivity index is 3.40. The van der Waals surface area contributed by atoms with Gasteiger partial charge in [-0.1, -0.05) is 0 Å². The molecule has 1 rings (SSSR count). The van der Waals surface area contributed by atoms with Gasteiger partial charge in [0.25, 0.3) is 6.43 Å². The molecule has 82 valence electrons. The molecule has 0 aromatic carbocycles. The molecule has 0 fully saturated rings. The van der Waals surface area contributed by atoms with Crippen molar-refractivity contribution in [1.29, 1.82) is 0 Å². The molecule has 0 aliphatic rings. The first-order valence-electron chi connectivity index (χ1n) is 3.70. The molecule has 1 aromatic rings. The Labute approximate surface area is 96.4 Å². The van der Waals surface area contributed by atoms with Crippen molar-refractivity contribution in [3.8, 4) is 0 Å². The van der Waals surface area contributed by atoms with E-state index in [0.29, 0.717) is 0 Å². The predicted molar refractivity (Wildman–Crippen MR) is 54.5 cm³/mol. The van der Waals surface area contributed by atoms with Gasteiger partial charge in [-0.3, -0.25) is 0 Å². The molecule has 0 saturated heterocycles. The maximum Gasteiger partial charge on any atom is 0.377 e. The van der Waals surface area contributed by atoms with Gasteiger partial charge in [0.15, 0.2) is 5.69 Å². The number of alkyl halides is 2. The number of hydrogen-bond acceptors (Lipinski definition) is 4. The SMILES string of the molecule is O=[N+]([O-])c1nc(CO)cc(C(F)F)c1I. The molecule has 1 N–H and O–H groups in total. The fourth-order valence-corrected chi connectivity index (χ4v) is 1.66. The molecule has 0 amide bonds. The zero-order chi connectivity index (χ0) is 11.6. The third kappa shape index (κ3) is 2.56. The third-order valence-corrected chi connectivity index (χ3v) is 2.70. The number of pyridine rings is 1. The zero-order valence-corrected chi connectivity index (χ0v) is 9.31. The number of rotatable bonds is 3. The average Bonchev–Trinajstić information content (AvgIpc) is 2.17. The van der Waals surface area contributed by atoms with Crippen molar-refractivity contribution in [2.45, 2.75) is 13.0 Å². The molecule has 5 nitrogen and oxygen atoms in total. The van der Waals surface area contributed by atoms with Crippen LogP contribution in [0.3, 0.4) is 0 Å². The van der Waals surface area contributed by atoms with Gasteiger partial charge in [-0.25, -0.2) is 8.78 Å². The maximum absolute atomic E-state index is 12.5. The van der Waals surface area contributed by atoms with Crippen LogP contribution in [-0.2, 0) is 6.61 Å². The van der Waals surface area contributed by atoms with Crippen LogP contribution in [0, 0.1) is 13.7 Å². The van der Waals surface area contributed by atoms with E-state index in [0.717, 1.165) is 6.07 Å². The highest BCUT2D eigenvalue weighted by Crippen LogP contribution is 2.30. The quantitative estimate of drug-likeness (QED) is 0.523. The summed E-state index contributed by atoms with van der Waals surface area (Å²) in [6.07, 6.45) is -2.83.